The molecule has 0 aromatic rings. The van der Waals surface area contributed by atoms with Crippen molar-refractivity contribution >= 4 is 11.9 Å². The molecule has 74 heavy (non-hydrogen) atoms. The van der Waals surface area contributed by atoms with Crippen LogP contribution >= 0.6 is 0 Å². The van der Waals surface area contributed by atoms with E-state index in [1.54, 1.807) is 0 Å². The molecule has 3 N–H and O–H groups in total. The summed E-state index contributed by atoms with van der Waals surface area (Å²) < 4.78 is 5.50. The van der Waals surface area contributed by atoms with Crippen LogP contribution in [0.25, 0.3) is 0 Å². The number of amides is 1. The van der Waals surface area contributed by atoms with Crippen LogP contribution in [-0.4, -0.2) is 47.4 Å². The maximum Gasteiger partial charge on any atom is 0.305 e. The number of carbonyl (C=O) groups excluding carboxylic acids is 2. The standard InChI is InChI=1S/C68H133NO5/c1-3-5-7-9-11-13-15-17-19-21-30-34-38-42-46-50-54-58-62-68(73)74-63-59-55-51-47-43-39-35-31-28-26-24-22-23-25-27-29-33-37-41-45-49-53-57-61-67(72)69-65(64-70)66(71)60-56-52-48-44-40-36-32-20-18-16-14-12-10-8-6-4-2/h19,21,65-66,70-71H,3-18,20,22-64H2,1-2H3,(H,69,72)/b21-19-. The topological polar surface area (TPSA) is 95.9 Å². The van der Waals surface area contributed by atoms with Crippen molar-refractivity contribution in [1.29, 1.82) is 0 Å². The minimum atomic E-state index is -0.663. The summed E-state index contributed by atoms with van der Waals surface area (Å²) in [7, 11) is 0. The first kappa shape index (κ1) is 72.6. The Morgan fingerprint density at radius 2 is 0.635 bits per heavy atom. The maximum absolute atomic E-state index is 12.5. The number of aliphatic hydroxyl groups is 2. The van der Waals surface area contributed by atoms with Crippen LogP contribution in [0.3, 0.4) is 0 Å². The predicted molar refractivity (Wildman–Crippen MR) is 324 cm³/mol. The number of ether oxygens (including phenoxy) is 1. The second-order valence-corrected chi connectivity index (χ2v) is 23.5. The van der Waals surface area contributed by atoms with Gasteiger partial charge in [0.05, 0.1) is 25.4 Å². The van der Waals surface area contributed by atoms with Crippen LogP contribution in [0, 0.1) is 0 Å². The van der Waals surface area contributed by atoms with Crippen LogP contribution in [0.5, 0.6) is 0 Å². The first-order valence-corrected chi connectivity index (χ1v) is 33.9. The number of esters is 1. The fourth-order valence-electron chi connectivity index (χ4n) is 10.9. The fraction of sp³-hybridized carbons (Fsp3) is 0.941. The Labute approximate surface area is 463 Å². The minimum Gasteiger partial charge on any atom is -0.466 e. The van der Waals surface area contributed by atoms with Crippen molar-refractivity contribution in [2.24, 2.45) is 0 Å². The highest BCUT2D eigenvalue weighted by Gasteiger charge is 2.20. The fourth-order valence-corrected chi connectivity index (χ4v) is 10.9. The largest absolute Gasteiger partial charge is 0.466 e. The van der Waals surface area contributed by atoms with Gasteiger partial charge >= 0.3 is 5.97 Å². The Hall–Kier alpha value is -1.40. The number of hydrogen-bond acceptors (Lipinski definition) is 5. The molecule has 0 heterocycles. The Kier molecular flexibility index (Phi) is 62.9. The first-order chi connectivity index (χ1) is 36.5. The van der Waals surface area contributed by atoms with Crippen molar-refractivity contribution in [1.82, 2.24) is 5.32 Å². The second kappa shape index (κ2) is 64.1. The molecule has 0 aromatic carbocycles. The molecule has 2 unspecified atom stereocenters. The quantitative estimate of drug-likeness (QED) is 0.0320. The third kappa shape index (κ3) is 59.8. The molecule has 0 fully saturated rings. The summed E-state index contributed by atoms with van der Waals surface area (Å²) in [5, 5.41) is 23.3. The monoisotopic (exact) mass is 1040 g/mol. The van der Waals surface area contributed by atoms with Crippen molar-refractivity contribution in [3.63, 3.8) is 0 Å². The maximum atomic E-state index is 12.5. The SMILES string of the molecule is CCCCCCCCC/C=C\CCCCCCCCCC(=O)OCCCCCCCCCCCCCCCCCCCCCCCCCC(=O)NC(CO)C(O)CCCCCCCCCCCCCCCCCC. The number of unbranched alkanes of at least 4 members (excludes halogenated alkanes) is 51. The molecular weight excluding hydrogens is 911 g/mol. The number of nitrogens with one attached hydrogen (secondary N) is 1. The molecule has 2 atom stereocenters. The highest BCUT2D eigenvalue weighted by Crippen LogP contribution is 2.19. The zero-order valence-electron chi connectivity index (χ0n) is 50.4. The Morgan fingerprint density at radius 1 is 0.365 bits per heavy atom. The number of rotatable bonds is 64. The van der Waals surface area contributed by atoms with Gasteiger partial charge in [-0.1, -0.05) is 334 Å². The molecule has 0 aliphatic carbocycles. The van der Waals surface area contributed by atoms with Gasteiger partial charge in [0.25, 0.3) is 0 Å². The van der Waals surface area contributed by atoms with Gasteiger partial charge in [0.1, 0.15) is 0 Å². The van der Waals surface area contributed by atoms with Gasteiger partial charge in [0, 0.05) is 12.8 Å². The first-order valence-electron chi connectivity index (χ1n) is 33.9. The van der Waals surface area contributed by atoms with E-state index in [2.05, 4.69) is 31.3 Å². The van der Waals surface area contributed by atoms with Gasteiger partial charge in [0.15, 0.2) is 0 Å². The summed E-state index contributed by atoms with van der Waals surface area (Å²) in [5.41, 5.74) is 0. The van der Waals surface area contributed by atoms with E-state index in [1.165, 1.54) is 308 Å². The average molecular weight is 1040 g/mol. The molecule has 0 bridgehead atoms. The Bertz CT molecular complexity index is 1110. The number of aliphatic hydroxyl groups excluding tert-OH is 2. The van der Waals surface area contributed by atoms with Crippen LogP contribution < -0.4 is 5.32 Å². The van der Waals surface area contributed by atoms with E-state index in [-0.39, 0.29) is 18.5 Å². The lowest BCUT2D eigenvalue weighted by Crippen LogP contribution is -2.45. The third-order valence-corrected chi connectivity index (χ3v) is 16.1. The molecule has 0 spiro atoms. The molecule has 440 valence electrons. The molecule has 0 saturated carbocycles. The molecular formula is C68H133NO5. The lowest BCUT2D eigenvalue weighted by molar-refractivity contribution is -0.143. The average Bonchev–Trinajstić information content (AvgIpc) is 3.40. The second-order valence-electron chi connectivity index (χ2n) is 23.5. The van der Waals surface area contributed by atoms with Gasteiger partial charge < -0.3 is 20.3 Å². The highest BCUT2D eigenvalue weighted by molar-refractivity contribution is 5.76. The van der Waals surface area contributed by atoms with Crippen LogP contribution in [0.2, 0.25) is 0 Å². The number of allylic oxidation sites excluding steroid dienone is 2. The van der Waals surface area contributed by atoms with Gasteiger partial charge in [-0.3, -0.25) is 9.59 Å². The smallest absolute Gasteiger partial charge is 0.305 e. The van der Waals surface area contributed by atoms with Crippen molar-refractivity contribution in [2.75, 3.05) is 13.2 Å². The van der Waals surface area contributed by atoms with Crippen molar-refractivity contribution in [3.05, 3.63) is 12.2 Å². The molecule has 0 saturated heterocycles. The summed E-state index contributed by atoms with van der Waals surface area (Å²) in [6.45, 7) is 4.98. The van der Waals surface area contributed by atoms with Crippen LogP contribution in [-0.2, 0) is 14.3 Å². The van der Waals surface area contributed by atoms with Crippen molar-refractivity contribution in [3.8, 4) is 0 Å². The minimum absolute atomic E-state index is 0.0126. The van der Waals surface area contributed by atoms with Crippen LogP contribution in [0.15, 0.2) is 12.2 Å². The summed E-state index contributed by atoms with van der Waals surface area (Å²) in [6, 6.07) is -0.540. The lowest BCUT2D eigenvalue weighted by atomic mass is 10.0. The van der Waals surface area contributed by atoms with Crippen LogP contribution in [0.1, 0.15) is 386 Å². The summed E-state index contributed by atoms with van der Waals surface area (Å²) in [4.78, 5) is 24.6. The Balaban J connectivity index is 3.35. The number of hydrogen-bond donors (Lipinski definition) is 3. The predicted octanol–water partition coefficient (Wildman–Crippen LogP) is 21.6. The zero-order valence-corrected chi connectivity index (χ0v) is 50.4. The molecule has 0 rings (SSSR count). The summed E-state index contributed by atoms with van der Waals surface area (Å²) in [6.07, 6.45) is 78.1. The zero-order chi connectivity index (χ0) is 53.6. The molecule has 1 amide bonds. The molecule has 6 nitrogen and oxygen atoms in total. The van der Waals surface area contributed by atoms with Gasteiger partial charge in [-0.05, 0) is 51.4 Å². The Morgan fingerprint density at radius 3 is 0.959 bits per heavy atom. The van der Waals surface area contributed by atoms with Gasteiger partial charge in [0.2, 0.25) is 5.91 Å². The summed E-state index contributed by atoms with van der Waals surface area (Å²) in [5.74, 6) is -0.0185. The molecule has 0 aliphatic rings. The van der Waals surface area contributed by atoms with E-state index in [0.29, 0.717) is 25.9 Å². The molecule has 0 aliphatic heterocycles. The van der Waals surface area contributed by atoms with E-state index in [4.69, 9.17) is 4.74 Å². The van der Waals surface area contributed by atoms with E-state index in [0.717, 1.165) is 44.9 Å². The number of carbonyl (C=O) groups is 2. The van der Waals surface area contributed by atoms with Crippen LogP contribution in [0.4, 0.5) is 0 Å². The van der Waals surface area contributed by atoms with E-state index >= 15 is 0 Å². The highest BCUT2D eigenvalue weighted by atomic mass is 16.5. The lowest BCUT2D eigenvalue weighted by Gasteiger charge is -2.22. The van der Waals surface area contributed by atoms with Crippen molar-refractivity contribution in [2.45, 2.75) is 398 Å². The van der Waals surface area contributed by atoms with E-state index in [1.807, 2.05) is 0 Å². The normalized spacial score (nSPS) is 12.5. The van der Waals surface area contributed by atoms with Crippen molar-refractivity contribution < 1.29 is 24.5 Å². The van der Waals surface area contributed by atoms with Gasteiger partial charge in [-0.25, -0.2) is 0 Å². The summed E-state index contributed by atoms with van der Waals surface area (Å²) >= 11 is 0. The van der Waals surface area contributed by atoms with Gasteiger partial charge in [-0.2, -0.15) is 0 Å². The molecule has 6 heteroatoms. The van der Waals surface area contributed by atoms with Gasteiger partial charge in [-0.15, -0.1) is 0 Å². The molecule has 0 radical (unpaired) electrons. The molecule has 0 aromatic heterocycles. The van der Waals surface area contributed by atoms with E-state index in [9.17, 15) is 19.8 Å². The third-order valence-electron chi connectivity index (χ3n) is 16.1. The van der Waals surface area contributed by atoms with E-state index < -0.39 is 12.1 Å².